The number of para-hydroxylation sites is 1. The second-order valence-corrected chi connectivity index (χ2v) is 6.00. The zero-order valence-corrected chi connectivity index (χ0v) is 11.9. The summed E-state index contributed by atoms with van der Waals surface area (Å²) in [6, 6.07) is 13.2. The molecular formula is C18H15NO3. The molecule has 1 aliphatic heterocycles. The number of carbonyl (C=O) groups excluding carboxylic acids is 2. The predicted molar refractivity (Wildman–Crippen MR) is 82.0 cm³/mol. The normalized spacial score (nSPS) is 21.6. The lowest BCUT2D eigenvalue weighted by Gasteiger charge is -2.20. The van der Waals surface area contributed by atoms with Gasteiger partial charge in [0.1, 0.15) is 6.61 Å². The summed E-state index contributed by atoms with van der Waals surface area (Å²) in [5, 5.41) is 12.0. The fourth-order valence-electron chi connectivity index (χ4n) is 3.67. The highest BCUT2D eigenvalue weighted by Crippen LogP contribution is 2.47. The molecule has 4 rings (SSSR count). The van der Waals surface area contributed by atoms with E-state index in [4.69, 9.17) is 5.11 Å². The summed E-state index contributed by atoms with van der Waals surface area (Å²) in [5.41, 5.74) is 3.98. The van der Waals surface area contributed by atoms with Crippen molar-refractivity contribution in [3.05, 3.63) is 64.7 Å². The van der Waals surface area contributed by atoms with Crippen LogP contribution in [0, 0.1) is 0 Å². The molecule has 110 valence electrons. The quantitative estimate of drug-likeness (QED) is 0.830. The molecule has 0 saturated heterocycles. The Morgan fingerprint density at radius 1 is 1.14 bits per heavy atom. The molecule has 1 spiro atoms. The van der Waals surface area contributed by atoms with Gasteiger partial charge in [0.2, 0.25) is 5.91 Å². The Balaban J connectivity index is 1.79. The maximum absolute atomic E-state index is 12.6. The van der Waals surface area contributed by atoms with E-state index in [9.17, 15) is 9.59 Å². The molecule has 0 saturated carbocycles. The average Bonchev–Trinajstić information content (AvgIpc) is 3.05. The molecular weight excluding hydrogens is 278 g/mol. The van der Waals surface area contributed by atoms with Crippen molar-refractivity contribution in [1.29, 1.82) is 0 Å². The van der Waals surface area contributed by atoms with Crippen LogP contribution in [0.2, 0.25) is 0 Å². The van der Waals surface area contributed by atoms with Crippen molar-refractivity contribution < 1.29 is 14.7 Å². The summed E-state index contributed by atoms with van der Waals surface area (Å²) in [5.74, 6) is -0.264. The molecule has 0 fully saturated rings. The molecule has 0 unspecified atom stereocenters. The largest absolute Gasteiger partial charge is 0.388 e. The molecule has 2 aliphatic rings. The molecule has 22 heavy (non-hydrogen) atoms. The molecule has 1 aliphatic carbocycles. The van der Waals surface area contributed by atoms with Gasteiger partial charge in [0.05, 0.1) is 5.41 Å². The third kappa shape index (κ3) is 1.67. The third-order valence-electron chi connectivity index (χ3n) is 4.78. The van der Waals surface area contributed by atoms with Crippen LogP contribution in [-0.4, -0.2) is 23.4 Å². The Hall–Kier alpha value is -2.46. The number of Topliss-reactive ketones (excluding diaryl/α,β-unsaturated/α-hetero) is 1. The number of benzene rings is 2. The first-order valence-electron chi connectivity index (χ1n) is 7.31. The molecule has 1 heterocycles. The van der Waals surface area contributed by atoms with E-state index in [-0.39, 0.29) is 11.7 Å². The minimum absolute atomic E-state index is 0.0277. The number of carbonyl (C=O) groups is 2. The topological polar surface area (TPSA) is 66.4 Å². The van der Waals surface area contributed by atoms with Gasteiger partial charge in [0.25, 0.3) is 0 Å². The van der Waals surface area contributed by atoms with E-state index in [1.807, 2.05) is 36.4 Å². The molecule has 2 aromatic carbocycles. The first-order valence-corrected chi connectivity index (χ1v) is 7.31. The predicted octanol–water partition coefficient (Wildman–Crippen LogP) is 1.85. The zero-order valence-electron chi connectivity index (χ0n) is 11.9. The lowest BCUT2D eigenvalue weighted by atomic mass is 9.79. The van der Waals surface area contributed by atoms with Crippen LogP contribution in [0.4, 0.5) is 5.69 Å². The summed E-state index contributed by atoms with van der Waals surface area (Å²) in [7, 11) is 0. The number of anilines is 1. The van der Waals surface area contributed by atoms with E-state index in [1.54, 1.807) is 6.07 Å². The van der Waals surface area contributed by atoms with Gasteiger partial charge >= 0.3 is 0 Å². The van der Waals surface area contributed by atoms with Crippen LogP contribution in [0.1, 0.15) is 27.0 Å². The number of hydrogen-bond acceptors (Lipinski definition) is 3. The Morgan fingerprint density at radius 3 is 2.73 bits per heavy atom. The van der Waals surface area contributed by atoms with Gasteiger partial charge in [0, 0.05) is 11.3 Å². The number of rotatable bonds is 2. The standard InChI is InChI=1S/C18H15NO3/c20-10-16(21)11-5-6-12-8-18(9-13(12)7-11)14-3-1-2-4-15(14)19-17(18)22/h1-7,20H,8-10H2,(H,19,22)/t18-/m1/s1. The van der Waals surface area contributed by atoms with Crippen LogP contribution < -0.4 is 5.32 Å². The van der Waals surface area contributed by atoms with Crippen molar-refractivity contribution in [2.75, 3.05) is 11.9 Å². The second kappa shape index (κ2) is 4.52. The Morgan fingerprint density at radius 2 is 1.91 bits per heavy atom. The molecule has 0 radical (unpaired) electrons. The highest BCUT2D eigenvalue weighted by Gasteiger charge is 2.50. The van der Waals surface area contributed by atoms with E-state index in [0.717, 1.165) is 22.4 Å². The van der Waals surface area contributed by atoms with Crippen LogP contribution in [0.25, 0.3) is 0 Å². The van der Waals surface area contributed by atoms with Gasteiger partial charge in [-0.15, -0.1) is 0 Å². The van der Waals surface area contributed by atoms with Crippen molar-refractivity contribution in [3.8, 4) is 0 Å². The van der Waals surface area contributed by atoms with Gasteiger partial charge in [-0.2, -0.15) is 0 Å². The Labute approximate surface area is 127 Å². The van der Waals surface area contributed by atoms with E-state index >= 15 is 0 Å². The SMILES string of the molecule is O=C(CO)c1ccc2c(c1)C[C@@]1(C2)C(=O)Nc2ccccc21. The first-order chi connectivity index (χ1) is 10.6. The van der Waals surface area contributed by atoms with Crippen LogP contribution in [0.5, 0.6) is 0 Å². The molecule has 4 nitrogen and oxygen atoms in total. The maximum Gasteiger partial charge on any atom is 0.235 e. The number of ketones is 1. The first kappa shape index (κ1) is 13.2. The summed E-state index contributed by atoms with van der Waals surface area (Å²) >= 11 is 0. The average molecular weight is 293 g/mol. The van der Waals surface area contributed by atoms with E-state index < -0.39 is 12.0 Å². The summed E-state index contributed by atoms with van der Waals surface area (Å²) in [6.45, 7) is -0.493. The van der Waals surface area contributed by atoms with Crippen molar-refractivity contribution in [2.45, 2.75) is 18.3 Å². The van der Waals surface area contributed by atoms with Crippen molar-refractivity contribution in [1.82, 2.24) is 0 Å². The molecule has 0 aromatic heterocycles. The lowest BCUT2D eigenvalue weighted by molar-refractivity contribution is -0.120. The molecule has 2 aromatic rings. The van der Waals surface area contributed by atoms with E-state index in [0.29, 0.717) is 18.4 Å². The van der Waals surface area contributed by atoms with Crippen LogP contribution in [0.15, 0.2) is 42.5 Å². The number of nitrogens with one attached hydrogen (secondary N) is 1. The van der Waals surface area contributed by atoms with Crippen molar-refractivity contribution >= 4 is 17.4 Å². The monoisotopic (exact) mass is 293 g/mol. The minimum Gasteiger partial charge on any atom is -0.388 e. The summed E-state index contributed by atoms with van der Waals surface area (Å²) in [4.78, 5) is 24.2. The van der Waals surface area contributed by atoms with Gasteiger partial charge < -0.3 is 10.4 Å². The van der Waals surface area contributed by atoms with Crippen LogP contribution in [-0.2, 0) is 23.1 Å². The van der Waals surface area contributed by atoms with Gasteiger partial charge in [-0.3, -0.25) is 9.59 Å². The molecule has 0 bridgehead atoms. The third-order valence-corrected chi connectivity index (χ3v) is 4.78. The van der Waals surface area contributed by atoms with Crippen LogP contribution in [0.3, 0.4) is 0 Å². The number of fused-ring (bicyclic) bond motifs is 3. The molecule has 4 heteroatoms. The summed E-state index contributed by atoms with van der Waals surface area (Å²) in [6.07, 6.45) is 1.25. The fourth-order valence-corrected chi connectivity index (χ4v) is 3.67. The number of aliphatic hydroxyl groups excluding tert-OH is 1. The fraction of sp³-hybridized carbons (Fsp3) is 0.222. The zero-order chi connectivity index (χ0) is 15.3. The highest BCUT2D eigenvalue weighted by atomic mass is 16.3. The van der Waals surface area contributed by atoms with E-state index in [2.05, 4.69) is 5.32 Å². The second-order valence-electron chi connectivity index (χ2n) is 6.00. The number of hydrogen-bond donors (Lipinski definition) is 2. The molecule has 1 atom stereocenters. The van der Waals surface area contributed by atoms with Gasteiger partial charge in [-0.05, 0) is 41.7 Å². The summed E-state index contributed by atoms with van der Waals surface area (Å²) < 4.78 is 0. The van der Waals surface area contributed by atoms with Gasteiger partial charge in [-0.25, -0.2) is 0 Å². The van der Waals surface area contributed by atoms with E-state index in [1.165, 1.54) is 0 Å². The molecule has 1 amide bonds. The molecule has 2 N–H and O–H groups in total. The van der Waals surface area contributed by atoms with Gasteiger partial charge in [-0.1, -0.05) is 30.3 Å². The highest BCUT2D eigenvalue weighted by molar-refractivity contribution is 6.07. The van der Waals surface area contributed by atoms with Crippen molar-refractivity contribution in [3.63, 3.8) is 0 Å². The smallest absolute Gasteiger partial charge is 0.235 e. The lowest BCUT2D eigenvalue weighted by Crippen LogP contribution is -2.35. The maximum atomic E-state index is 12.6. The Bertz CT molecular complexity index is 812. The van der Waals surface area contributed by atoms with Crippen molar-refractivity contribution in [2.24, 2.45) is 0 Å². The van der Waals surface area contributed by atoms with Gasteiger partial charge in [0.15, 0.2) is 5.78 Å². The van der Waals surface area contributed by atoms with Crippen LogP contribution >= 0.6 is 0 Å². The number of aliphatic hydroxyl groups is 1. The Kier molecular flexibility index (Phi) is 2.71. The minimum atomic E-state index is -0.556. The number of amides is 1.